The Morgan fingerprint density at radius 3 is 2.46 bits per heavy atom. The van der Waals surface area contributed by atoms with Crippen molar-refractivity contribution in [1.29, 1.82) is 0 Å². The second kappa shape index (κ2) is 6.46. The summed E-state index contributed by atoms with van der Waals surface area (Å²) in [6, 6.07) is 7.16. The molecule has 2 aliphatic rings. The summed E-state index contributed by atoms with van der Waals surface area (Å²) in [4.78, 5) is 4.27. The number of hydrogen-bond acceptors (Lipinski definition) is 4. The molecule has 2 aliphatic carbocycles. The molecule has 2 heterocycles. The van der Waals surface area contributed by atoms with Crippen LogP contribution >= 0.6 is 0 Å². The summed E-state index contributed by atoms with van der Waals surface area (Å²) in [7, 11) is 0. The van der Waals surface area contributed by atoms with Gasteiger partial charge in [-0.1, -0.05) is 19.3 Å². The minimum absolute atomic E-state index is 0.253. The number of pyridine rings is 1. The van der Waals surface area contributed by atoms with Crippen molar-refractivity contribution < 1.29 is 4.39 Å². The van der Waals surface area contributed by atoms with Crippen LogP contribution in [0.2, 0.25) is 0 Å². The minimum Gasteiger partial charge on any atom is -0.357 e. The van der Waals surface area contributed by atoms with Crippen LogP contribution in [0.5, 0.6) is 0 Å². The lowest BCUT2D eigenvalue weighted by Crippen LogP contribution is -2.43. The SMILES string of the molecule is Fc1cccnc1C1(Nc2ccc(C3CCCCC3)nn2)CCC1. The first kappa shape index (κ1) is 15.5. The Labute approximate surface area is 141 Å². The predicted molar refractivity (Wildman–Crippen MR) is 91.2 cm³/mol. The van der Waals surface area contributed by atoms with Gasteiger partial charge in [0.1, 0.15) is 17.3 Å². The molecule has 5 heteroatoms. The maximum Gasteiger partial charge on any atom is 0.149 e. The van der Waals surface area contributed by atoms with Crippen molar-refractivity contribution in [2.24, 2.45) is 0 Å². The Hall–Kier alpha value is -2.04. The van der Waals surface area contributed by atoms with E-state index in [0.717, 1.165) is 25.0 Å². The second-order valence-electron chi connectivity index (χ2n) is 7.07. The molecule has 0 spiro atoms. The van der Waals surface area contributed by atoms with Gasteiger partial charge in [-0.2, -0.15) is 5.10 Å². The molecule has 2 aromatic rings. The maximum absolute atomic E-state index is 14.2. The summed E-state index contributed by atoms with van der Waals surface area (Å²) in [5, 5.41) is 12.2. The molecule has 2 aromatic heterocycles. The molecule has 0 atom stereocenters. The zero-order valence-electron chi connectivity index (χ0n) is 13.8. The Balaban J connectivity index is 1.52. The van der Waals surface area contributed by atoms with Crippen LogP contribution in [0.4, 0.5) is 10.2 Å². The van der Waals surface area contributed by atoms with Crippen molar-refractivity contribution in [2.75, 3.05) is 5.32 Å². The fourth-order valence-corrected chi connectivity index (χ4v) is 3.96. The van der Waals surface area contributed by atoms with Crippen LogP contribution in [0.1, 0.15) is 68.7 Å². The summed E-state index contributed by atoms with van der Waals surface area (Å²) in [5.74, 6) is 1.00. The first-order chi connectivity index (χ1) is 11.8. The standard InChI is InChI=1S/C19H23FN4/c20-15-8-4-13-21-18(15)19(11-5-12-19)22-17-10-9-16(23-24-17)14-6-2-1-3-7-14/h4,8-10,13-14H,1-3,5-7,11-12H2,(H,22,24). The Morgan fingerprint density at radius 1 is 1.00 bits per heavy atom. The number of nitrogens with one attached hydrogen (secondary N) is 1. The molecule has 0 aromatic carbocycles. The van der Waals surface area contributed by atoms with Gasteiger partial charge in [-0.25, -0.2) is 4.39 Å². The molecule has 0 aliphatic heterocycles. The normalized spacial score (nSPS) is 20.4. The van der Waals surface area contributed by atoms with Gasteiger partial charge in [-0.3, -0.25) is 4.98 Å². The van der Waals surface area contributed by atoms with Crippen LogP contribution in [0, 0.1) is 5.82 Å². The molecule has 126 valence electrons. The molecule has 4 nitrogen and oxygen atoms in total. The van der Waals surface area contributed by atoms with Gasteiger partial charge < -0.3 is 5.32 Å². The summed E-state index contributed by atoms with van der Waals surface area (Å²) >= 11 is 0. The highest BCUT2D eigenvalue weighted by Gasteiger charge is 2.42. The number of rotatable bonds is 4. The summed E-state index contributed by atoms with van der Waals surface area (Å²) in [5.41, 5.74) is 1.15. The van der Waals surface area contributed by atoms with Crippen molar-refractivity contribution in [3.8, 4) is 0 Å². The third-order valence-electron chi connectivity index (χ3n) is 5.49. The lowest BCUT2D eigenvalue weighted by Gasteiger charge is -2.42. The third-order valence-corrected chi connectivity index (χ3v) is 5.49. The molecule has 0 saturated heterocycles. The van der Waals surface area contributed by atoms with Crippen LogP contribution in [-0.2, 0) is 5.54 Å². The highest BCUT2D eigenvalue weighted by molar-refractivity contribution is 5.41. The van der Waals surface area contributed by atoms with Crippen LogP contribution in [-0.4, -0.2) is 15.2 Å². The molecule has 24 heavy (non-hydrogen) atoms. The first-order valence-corrected chi connectivity index (χ1v) is 9.00. The number of anilines is 1. The fourth-order valence-electron chi connectivity index (χ4n) is 3.96. The van der Waals surface area contributed by atoms with Crippen molar-refractivity contribution >= 4 is 5.82 Å². The highest BCUT2D eigenvalue weighted by atomic mass is 19.1. The number of nitrogens with zero attached hydrogens (tertiary/aromatic N) is 3. The monoisotopic (exact) mass is 326 g/mol. The zero-order valence-corrected chi connectivity index (χ0v) is 13.8. The van der Waals surface area contributed by atoms with E-state index in [9.17, 15) is 4.39 Å². The van der Waals surface area contributed by atoms with Crippen LogP contribution in [0.25, 0.3) is 0 Å². The molecule has 1 N–H and O–H groups in total. The number of hydrogen-bond donors (Lipinski definition) is 1. The van der Waals surface area contributed by atoms with Crippen LogP contribution < -0.4 is 5.32 Å². The molecule has 0 bridgehead atoms. The smallest absolute Gasteiger partial charge is 0.149 e. The molecular formula is C19H23FN4. The molecule has 4 rings (SSSR count). The van der Waals surface area contributed by atoms with Gasteiger partial charge in [0.25, 0.3) is 0 Å². The van der Waals surface area contributed by atoms with Crippen molar-refractivity contribution in [2.45, 2.75) is 62.8 Å². The maximum atomic E-state index is 14.2. The van der Waals surface area contributed by atoms with E-state index < -0.39 is 5.54 Å². The predicted octanol–water partition coefficient (Wildman–Crippen LogP) is 4.55. The van der Waals surface area contributed by atoms with Gasteiger partial charge in [-0.15, -0.1) is 5.10 Å². The Morgan fingerprint density at radius 2 is 1.83 bits per heavy atom. The average Bonchev–Trinajstić information content (AvgIpc) is 2.60. The second-order valence-corrected chi connectivity index (χ2v) is 7.07. The minimum atomic E-state index is -0.438. The molecular weight excluding hydrogens is 303 g/mol. The number of halogens is 1. The van der Waals surface area contributed by atoms with Crippen molar-refractivity contribution in [3.63, 3.8) is 0 Å². The van der Waals surface area contributed by atoms with E-state index in [1.165, 1.54) is 38.2 Å². The lowest BCUT2D eigenvalue weighted by atomic mass is 9.74. The van der Waals surface area contributed by atoms with Crippen LogP contribution in [0.15, 0.2) is 30.5 Å². The molecule has 2 fully saturated rings. The van der Waals surface area contributed by atoms with Gasteiger partial charge in [0.15, 0.2) is 0 Å². The average molecular weight is 326 g/mol. The third kappa shape index (κ3) is 2.87. The van der Waals surface area contributed by atoms with E-state index in [4.69, 9.17) is 0 Å². The molecule has 0 amide bonds. The first-order valence-electron chi connectivity index (χ1n) is 9.00. The van der Waals surface area contributed by atoms with E-state index in [-0.39, 0.29) is 5.82 Å². The Bertz CT molecular complexity index is 691. The van der Waals surface area contributed by atoms with Gasteiger partial charge in [-0.05, 0) is 56.4 Å². The molecule has 2 saturated carbocycles. The number of aromatic nitrogens is 3. The van der Waals surface area contributed by atoms with E-state index >= 15 is 0 Å². The topological polar surface area (TPSA) is 50.7 Å². The van der Waals surface area contributed by atoms with Crippen LogP contribution in [0.3, 0.4) is 0 Å². The van der Waals surface area contributed by atoms with E-state index in [1.807, 2.05) is 6.07 Å². The van der Waals surface area contributed by atoms with Crippen molar-refractivity contribution in [3.05, 3.63) is 47.7 Å². The lowest BCUT2D eigenvalue weighted by molar-refractivity contribution is 0.265. The van der Waals surface area contributed by atoms with E-state index in [1.54, 1.807) is 12.3 Å². The van der Waals surface area contributed by atoms with Gasteiger partial charge >= 0.3 is 0 Å². The van der Waals surface area contributed by atoms with E-state index in [0.29, 0.717) is 17.4 Å². The molecule has 0 unspecified atom stereocenters. The van der Waals surface area contributed by atoms with Gasteiger partial charge in [0, 0.05) is 12.1 Å². The Kier molecular flexibility index (Phi) is 4.17. The largest absolute Gasteiger partial charge is 0.357 e. The highest BCUT2D eigenvalue weighted by Crippen LogP contribution is 2.43. The van der Waals surface area contributed by atoms with Gasteiger partial charge in [0.2, 0.25) is 0 Å². The fraction of sp³-hybridized carbons (Fsp3) is 0.526. The van der Waals surface area contributed by atoms with Crippen molar-refractivity contribution in [1.82, 2.24) is 15.2 Å². The molecule has 0 radical (unpaired) electrons. The quantitative estimate of drug-likeness (QED) is 0.895. The van der Waals surface area contributed by atoms with Gasteiger partial charge in [0.05, 0.1) is 11.2 Å². The summed E-state index contributed by atoms with van der Waals surface area (Å²) in [6.45, 7) is 0. The van der Waals surface area contributed by atoms with E-state index in [2.05, 4.69) is 26.6 Å². The zero-order chi connectivity index (χ0) is 16.4. The summed E-state index contributed by atoms with van der Waals surface area (Å²) < 4.78 is 14.2. The summed E-state index contributed by atoms with van der Waals surface area (Å²) in [6.07, 6.45) is 10.8.